The Morgan fingerprint density at radius 2 is 2.28 bits per heavy atom. The van der Waals surface area contributed by atoms with Crippen LogP contribution in [0.5, 0.6) is 0 Å². The Labute approximate surface area is 107 Å². The molecule has 0 atom stereocenters. The summed E-state index contributed by atoms with van der Waals surface area (Å²) in [6.07, 6.45) is 3.22. The van der Waals surface area contributed by atoms with Gasteiger partial charge in [-0.15, -0.1) is 0 Å². The average Bonchev–Trinajstić information content (AvgIpc) is 2.90. The standard InChI is InChI=1S/C13H20N4O/c1-10(2)5-14-6-13-11(3)4-12(18-13)7-17-9-15-8-16-17/h4,8-10,14H,5-7H2,1-3H3. The van der Waals surface area contributed by atoms with E-state index in [9.17, 15) is 0 Å². The van der Waals surface area contributed by atoms with Crippen LogP contribution >= 0.6 is 0 Å². The highest BCUT2D eigenvalue weighted by atomic mass is 16.3. The fraction of sp³-hybridized carbons (Fsp3) is 0.538. The Morgan fingerprint density at radius 1 is 1.44 bits per heavy atom. The lowest BCUT2D eigenvalue weighted by Gasteiger charge is -2.05. The average molecular weight is 248 g/mol. The Kier molecular flexibility index (Phi) is 4.15. The lowest BCUT2D eigenvalue weighted by Crippen LogP contribution is -2.19. The molecule has 0 unspecified atom stereocenters. The van der Waals surface area contributed by atoms with Crippen LogP contribution < -0.4 is 5.32 Å². The molecule has 2 heterocycles. The number of aromatic nitrogens is 3. The maximum atomic E-state index is 5.82. The van der Waals surface area contributed by atoms with Gasteiger partial charge in [0.2, 0.25) is 0 Å². The van der Waals surface area contributed by atoms with Gasteiger partial charge in [-0.2, -0.15) is 5.10 Å². The predicted molar refractivity (Wildman–Crippen MR) is 69.1 cm³/mol. The van der Waals surface area contributed by atoms with Gasteiger partial charge in [0.25, 0.3) is 0 Å². The molecule has 0 fully saturated rings. The van der Waals surface area contributed by atoms with Crippen molar-refractivity contribution in [2.24, 2.45) is 5.92 Å². The maximum Gasteiger partial charge on any atom is 0.137 e. The van der Waals surface area contributed by atoms with E-state index in [4.69, 9.17) is 4.42 Å². The Bertz CT molecular complexity index is 473. The van der Waals surface area contributed by atoms with Crippen molar-refractivity contribution in [3.8, 4) is 0 Å². The van der Waals surface area contributed by atoms with Crippen LogP contribution in [0.25, 0.3) is 0 Å². The van der Waals surface area contributed by atoms with Gasteiger partial charge in [0.15, 0.2) is 0 Å². The highest BCUT2D eigenvalue weighted by molar-refractivity contribution is 5.20. The molecule has 2 aromatic heterocycles. The van der Waals surface area contributed by atoms with E-state index >= 15 is 0 Å². The smallest absolute Gasteiger partial charge is 0.137 e. The summed E-state index contributed by atoms with van der Waals surface area (Å²) in [5, 5.41) is 7.45. The number of furan rings is 1. The minimum atomic E-state index is 0.630. The molecule has 1 N–H and O–H groups in total. The van der Waals surface area contributed by atoms with E-state index in [1.807, 2.05) is 0 Å². The van der Waals surface area contributed by atoms with E-state index in [0.717, 1.165) is 24.6 Å². The summed E-state index contributed by atoms with van der Waals surface area (Å²) in [7, 11) is 0. The third kappa shape index (κ3) is 3.43. The number of aryl methyl sites for hydroxylation is 1. The Morgan fingerprint density at radius 3 is 2.94 bits per heavy atom. The summed E-state index contributed by atoms with van der Waals surface area (Å²) >= 11 is 0. The van der Waals surface area contributed by atoms with Gasteiger partial charge in [-0.25, -0.2) is 9.67 Å². The van der Waals surface area contributed by atoms with E-state index in [1.54, 1.807) is 11.0 Å². The van der Waals surface area contributed by atoms with Crippen molar-refractivity contribution in [1.82, 2.24) is 20.1 Å². The number of nitrogens with one attached hydrogen (secondary N) is 1. The summed E-state index contributed by atoms with van der Waals surface area (Å²) in [6.45, 7) is 8.86. The van der Waals surface area contributed by atoms with E-state index in [1.165, 1.54) is 11.9 Å². The van der Waals surface area contributed by atoms with Gasteiger partial charge < -0.3 is 9.73 Å². The molecular formula is C13H20N4O. The highest BCUT2D eigenvalue weighted by Crippen LogP contribution is 2.15. The van der Waals surface area contributed by atoms with Crippen molar-refractivity contribution >= 4 is 0 Å². The molecule has 0 saturated heterocycles. The SMILES string of the molecule is Cc1cc(Cn2cncn2)oc1CNCC(C)C. The van der Waals surface area contributed by atoms with Crippen LogP contribution in [0.2, 0.25) is 0 Å². The zero-order chi connectivity index (χ0) is 13.0. The van der Waals surface area contributed by atoms with Gasteiger partial charge >= 0.3 is 0 Å². The monoisotopic (exact) mass is 248 g/mol. The molecule has 5 heteroatoms. The second-order valence-electron chi connectivity index (χ2n) is 4.94. The molecule has 0 saturated carbocycles. The van der Waals surface area contributed by atoms with Crippen molar-refractivity contribution < 1.29 is 4.42 Å². The van der Waals surface area contributed by atoms with Crippen molar-refractivity contribution in [2.75, 3.05) is 6.54 Å². The number of hydrogen-bond donors (Lipinski definition) is 1. The molecule has 98 valence electrons. The molecule has 5 nitrogen and oxygen atoms in total. The molecule has 0 amide bonds. The highest BCUT2D eigenvalue weighted by Gasteiger charge is 2.08. The molecular weight excluding hydrogens is 228 g/mol. The van der Waals surface area contributed by atoms with Crippen molar-refractivity contribution in [3.63, 3.8) is 0 Å². The first kappa shape index (κ1) is 12.8. The summed E-state index contributed by atoms with van der Waals surface area (Å²) in [5.74, 6) is 2.57. The molecule has 0 radical (unpaired) electrons. The minimum Gasteiger partial charge on any atom is -0.462 e. The van der Waals surface area contributed by atoms with Crippen molar-refractivity contribution in [2.45, 2.75) is 33.9 Å². The summed E-state index contributed by atoms with van der Waals surface area (Å²) < 4.78 is 7.57. The summed E-state index contributed by atoms with van der Waals surface area (Å²) in [6, 6.07) is 2.06. The number of nitrogens with zero attached hydrogens (tertiary/aromatic N) is 3. The Balaban J connectivity index is 1.94. The van der Waals surface area contributed by atoms with Gasteiger partial charge in [0.1, 0.15) is 30.7 Å². The van der Waals surface area contributed by atoms with Gasteiger partial charge in [-0.05, 0) is 31.0 Å². The van der Waals surface area contributed by atoms with Crippen LogP contribution in [0.3, 0.4) is 0 Å². The quantitative estimate of drug-likeness (QED) is 0.849. The van der Waals surface area contributed by atoms with Crippen LogP contribution in [0.1, 0.15) is 30.9 Å². The third-order valence-corrected chi connectivity index (χ3v) is 2.69. The van der Waals surface area contributed by atoms with Crippen LogP contribution in [0.4, 0.5) is 0 Å². The first-order chi connectivity index (χ1) is 8.65. The number of hydrogen-bond acceptors (Lipinski definition) is 4. The molecule has 0 aliphatic rings. The Hall–Kier alpha value is -1.62. The normalized spacial score (nSPS) is 11.3. The van der Waals surface area contributed by atoms with Crippen LogP contribution in [0.15, 0.2) is 23.1 Å². The third-order valence-electron chi connectivity index (χ3n) is 2.69. The fourth-order valence-corrected chi connectivity index (χ4v) is 1.79. The molecule has 0 aromatic carbocycles. The van der Waals surface area contributed by atoms with Crippen LogP contribution in [-0.4, -0.2) is 21.3 Å². The van der Waals surface area contributed by atoms with E-state index in [0.29, 0.717) is 12.5 Å². The topological polar surface area (TPSA) is 55.9 Å². The molecule has 2 aromatic rings. The zero-order valence-electron chi connectivity index (χ0n) is 11.2. The second kappa shape index (κ2) is 5.82. The first-order valence-corrected chi connectivity index (χ1v) is 6.26. The van der Waals surface area contributed by atoms with Gasteiger partial charge in [-0.3, -0.25) is 0 Å². The van der Waals surface area contributed by atoms with Gasteiger partial charge in [0, 0.05) is 0 Å². The lowest BCUT2D eigenvalue weighted by atomic mass is 10.2. The summed E-state index contributed by atoms with van der Waals surface area (Å²) in [5.41, 5.74) is 1.18. The lowest BCUT2D eigenvalue weighted by molar-refractivity contribution is 0.421. The number of rotatable bonds is 6. The van der Waals surface area contributed by atoms with Crippen molar-refractivity contribution in [3.05, 3.63) is 35.8 Å². The van der Waals surface area contributed by atoms with E-state index in [-0.39, 0.29) is 0 Å². The van der Waals surface area contributed by atoms with Gasteiger partial charge in [0.05, 0.1) is 6.54 Å². The first-order valence-electron chi connectivity index (χ1n) is 6.26. The minimum absolute atomic E-state index is 0.630. The predicted octanol–water partition coefficient (Wildman–Crippen LogP) is 1.97. The van der Waals surface area contributed by atoms with E-state index in [2.05, 4.69) is 42.2 Å². The van der Waals surface area contributed by atoms with E-state index < -0.39 is 0 Å². The maximum absolute atomic E-state index is 5.82. The molecule has 18 heavy (non-hydrogen) atoms. The zero-order valence-corrected chi connectivity index (χ0v) is 11.2. The molecule has 2 rings (SSSR count). The molecule has 0 aliphatic carbocycles. The van der Waals surface area contributed by atoms with Crippen LogP contribution in [-0.2, 0) is 13.1 Å². The summed E-state index contributed by atoms with van der Waals surface area (Å²) in [4.78, 5) is 3.91. The van der Waals surface area contributed by atoms with Crippen molar-refractivity contribution in [1.29, 1.82) is 0 Å². The molecule has 0 bridgehead atoms. The second-order valence-corrected chi connectivity index (χ2v) is 4.94. The van der Waals surface area contributed by atoms with Gasteiger partial charge in [-0.1, -0.05) is 13.8 Å². The largest absolute Gasteiger partial charge is 0.462 e. The molecule has 0 spiro atoms. The fourth-order valence-electron chi connectivity index (χ4n) is 1.79. The molecule has 0 aliphatic heterocycles. The van der Waals surface area contributed by atoms with Crippen LogP contribution in [0, 0.1) is 12.8 Å².